The normalized spacial score (nSPS) is 21.8. The predicted molar refractivity (Wildman–Crippen MR) is 62.5 cm³/mol. The maximum Gasteiger partial charge on any atom is 0.304 e. The molecule has 1 aliphatic rings. The third-order valence-corrected chi connectivity index (χ3v) is 2.92. The lowest BCUT2D eigenvalue weighted by Gasteiger charge is -2.15. The van der Waals surface area contributed by atoms with Gasteiger partial charge in [0.1, 0.15) is 0 Å². The molecule has 1 saturated heterocycles. The van der Waals surface area contributed by atoms with E-state index in [4.69, 9.17) is 9.84 Å². The summed E-state index contributed by atoms with van der Waals surface area (Å²) in [5.41, 5.74) is 0. The minimum atomic E-state index is -0.718. The van der Waals surface area contributed by atoms with Crippen molar-refractivity contribution < 1.29 is 14.6 Å². The van der Waals surface area contributed by atoms with Crippen LogP contribution in [0.2, 0.25) is 0 Å². The van der Waals surface area contributed by atoms with Crippen LogP contribution < -0.4 is 0 Å². The first-order chi connectivity index (χ1) is 7.58. The number of nitrogens with zero attached hydrogens (tertiary/aromatic N) is 1. The number of hydrogen-bond donors (Lipinski definition) is 1. The van der Waals surface area contributed by atoms with E-state index in [0.717, 1.165) is 32.5 Å². The Morgan fingerprint density at radius 3 is 2.94 bits per heavy atom. The van der Waals surface area contributed by atoms with Crippen molar-refractivity contribution in [2.24, 2.45) is 5.92 Å². The van der Waals surface area contributed by atoms with Gasteiger partial charge in [-0.05, 0) is 18.8 Å². The van der Waals surface area contributed by atoms with Gasteiger partial charge in [0, 0.05) is 26.2 Å². The van der Waals surface area contributed by atoms with E-state index in [1.165, 1.54) is 0 Å². The van der Waals surface area contributed by atoms with Gasteiger partial charge in [-0.1, -0.05) is 13.8 Å². The number of carboxylic acid groups (broad SMARTS) is 1. The van der Waals surface area contributed by atoms with Crippen LogP contribution in [0.3, 0.4) is 0 Å². The van der Waals surface area contributed by atoms with Crippen LogP contribution in [0.1, 0.15) is 33.1 Å². The molecule has 1 rings (SSSR count). The van der Waals surface area contributed by atoms with Gasteiger partial charge in [-0.3, -0.25) is 4.79 Å². The first kappa shape index (κ1) is 13.5. The zero-order valence-corrected chi connectivity index (χ0v) is 10.3. The zero-order chi connectivity index (χ0) is 12.0. The second-order valence-corrected chi connectivity index (χ2v) is 4.91. The van der Waals surface area contributed by atoms with Gasteiger partial charge in [-0.25, -0.2) is 0 Å². The zero-order valence-electron chi connectivity index (χ0n) is 10.3. The highest BCUT2D eigenvalue weighted by Gasteiger charge is 2.22. The molecule has 0 aliphatic carbocycles. The average Bonchev–Trinajstić information content (AvgIpc) is 2.62. The molecule has 0 spiro atoms. The Morgan fingerprint density at radius 1 is 1.56 bits per heavy atom. The van der Waals surface area contributed by atoms with Crippen LogP contribution in [0.25, 0.3) is 0 Å². The fourth-order valence-electron chi connectivity index (χ4n) is 1.86. The van der Waals surface area contributed by atoms with Crippen LogP contribution in [0, 0.1) is 5.92 Å². The average molecular weight is 229 g/mol. The summed E-state index contributed by atoms with van der Waals surface area (Å²) in [5, 5.41) is 8.58. The van der Waals surface area contributed by atoms with Crippen LogP contribution >= 0.6 is 0 Å². The molecule has 0 saturated carbocycles. The molecule has 1 aliphatic heterocycles. The molecular formula is C12H23NO3. The summed E-state index contributed by atoms with van der Waals surface area (Å²) < 4.78 is 5.76. The molecule has 1 heterocycles. The molecule has 1 unspecified atom stereocenters. The quantitative estimate of drug-likeness (QED) is 0.720. The Labute approximate surface area is 97.6 Å². The van der Waals surface area contributed by atoms with E-state index in [1.54, 1.807) is 0 Å². The molecule has 0 aromatic rings. The lowest BCUT2D eigenvalue weighted by atomic mass is 10.1. The largest absolute Gasteiger partial charge is 0.481 e. The Balaban J connectivity index is 2.07. The third-order valence-electron chi connectivity index (χ3n) is 2.92. The third kappa shape index (κ3) is 5.47. The first-order valence-corrected chi connectivity index (χ1v) is 6.13. The highest BCUT2D eigenvalue weighted by Crippen LogP contribution is 2.13. The van der Waals surface area contributed by atoms with Crippen molar-refractivity contribution >= 4 is 5.97 Å². The molecule has 16 heavy (non-hydrogen) atoms. The van der Waals surface area contributed by atoms with Crippen molar-refractivity contribution in [3.05, 3.63) is 0 Å². The van der Waals surface area contributed by atoms with Gasteiger partial charge in [-0.2, -0.15) is 0 Å². The number of carboxylic acids is 1. The molecule has 1 atom stereocenters. The molecule has 0 aromatic carbocycles. The lowest BCUT2D eigenvalue weighted by Crippen LogP contribution is -2.26. The monoisotopic (exact) mass is 229 g/mol. The van der Waals surface area contributed by atoms with Gasteiger partial charge in [0.15, 0.2) is 0 Å². The van der Waals surface area contributed by atoms with Crippen molar-refractivity contribution in [2.45, 2.75) is 39.2 Å². The van der Waals surface area contributed by atoms with Gasteiger partial charge in [0.25, 0.3) is 0 Å². The fraction of sp³-hybridized carbons (Fsp3) is 0.917. The first-order valence-electron chi connectivity index (χ1n) is 6.13. The van der Waals surface area contributed by atoms with Crippen LogP contribution in [-0.2, 0) is 9.53 Å². The maximum atomic E-state index is 10.4. The van der Waals surface area contributed by atoms with Gasteiger partial charge < -0.3 is 14.7 Å². The number of rotatable bonds is 7. The Bertz CT molecular complexity index is 218. The smallest absolute Gasteiger partial charge is 0.304 e. The van der Waals surface area contributed by atoms with E-state index in [1.807, 2.05) is 0 Å². The van der Waals surface area contributed by atoms with Gasteiger partial charge >= 0.3 is 5.97 Å². The van der Waals surface area contributed by atoms with Crippen LogP contribution in [0.4, 0.5) is 0 Å². The molecule has 4 heteroatoms. The van der Waals surface area contributed by atoms with Crippen molar-refractivity contribution in [1.29, 1.82) is 0 Å². The number of likely N-dealkylation sites (tertiary alicyclic amines) is 1. The molecule has 0 aromatic heterocycles. The van der Waals surface area contributed by atoms with Gasteiger partial charge in [-0.15, -0.1) is 0 Å². The van der Waals surface area contributed by atoms with Gasteiger partial charge in [0.05, 0.1) is 12.5 Å². The van der Waals surface area contributed by atoms with Crippen molar-refractivity contribution in [3.8, 4) is 0 Å². The standard InChI is InChI=1S/C12H23NO3/c1-10(2)5-8-16-11-3-6-13(9-11)7-4-12(14)15/h10-11H,3-9H2,1-2H3,(H,14,15). The second-order valence-electron chi connectivity index (χ2n) is 4.91. The molecule has 1 N–H and O–H groups in total. The molecule has 0 radical (unpaired) electrons. The highest BCUT2D eigenvalue weighted by molar-refractivity contribution is 5.66. The fourth-order valence-corrected chi connectivity index (χ4v) is 1.86. The Hall–Kier alpha value is -0.610. The Kier molecular flexibility index (Phi) is 5.77. The minimum Gasteiger partial charge on any atom is -0.481 e. The van der Waals surface area contributed by atoms with Crippen molar-refractivity contribution in [2.75, 3.05) is 26.2 Å². The molecule has 1 fully saturated rings. The second kappa shape index (κ2) is 6.86. The summed E-state index contributed by atoms with van der Waals surface area (Å²) in [4.78, 5) is 12.6. The summed E-state index contributed by atoms with van der Waals surface area (Å²) in [7, 11) is 0. The van der Waals surface area contributed by atoms with Crippen molar-refractivity contribution in [3.63, 3.8) is 0 Å². The van der Waals surface area contributed by atoms with Gasteiger partial charge in [0.2, 0.25) is 0 Å². The van der Waals surface area contributed by atoms with Crippen LogP contribution in [0.15, 0.2) is 0 Å². The van der Waals surface area contributed by atoms with E-state index in [2.05, 4.69) is 18.7 Å². The van der Waals surface area contributed by atoms with E-state index < -0.39 is 5.97 Å². The van der Waals surface area contributed by atoms with E-state index in [-0.39, 0.29) is 6.42 Å². The summed E-state index contributed by atoms with van der Waals surface area (Å²) in [5.74, 6) is -0.0336. The summed E-state index contributed by atoms with van der Waals surface area (Å²) in [6.45, 7) is 7.73. The van der Waals surface area contributed by atoms with Crippen molar-refractivity contribution in [1.82, 2.24) is 4.90 Å². The number of aliphatic carboxylic acids is 1. The summed E-state index contributed by atoms with van der Waals surface area (Å²) in [6, 6.07) is 0. The summed E-state index contributed by atoms with van der Waals surface area (Å²) >= 11 is 0. The summed E-state index contributed by atoms with van der Waals surface area (Å²) in [6.07, 6.45) is 2.69. The Morgan fingerprint density at radius 2 is 2.31 bits per heavy atom. The molecule has 0 amide bonds. The molecule has 0 bridgehead atoms. The lowest BCUT2D eigenvalue weighted by molar-refractivity contribution is -0.137. The maximum absolute atomic E-state index is 10.4. The topological polar surface area (TPSA) is 49.8 Å². The van der Waals surface area contributed by atoms with Crippen LogP contribution in [-0.4, -0.2) is 48.3 Å². The molecule has 4 nitrogen and oxygen atoms in total. The minimum absolute atomic E-state index is 0.235. The number of carbonyl (C=O) groups is 1. The highest BCUT2D eigenvalue weighted by atomic mass is 16.5. The molecular weight excluding hydrogens is 206 g/mol. The van der Waals surface area contributed by atoms with Crippen LogP contribution in [0.5, 0.6) is 0 Å². The number of hydrogen-bond acceptors (Lipinski definition) is 3. The van der Waals surface area contributed by atoms with E-state index in [0.29, 0.717) is 18.6 Å². The number of ether oxygens (including phenoxy) is 1. The predicted octanol–water partition coefficient (Wildman–Crippen LogP) is 1.60. The van der Waals surface area contributed by atoms with E-state index in [9.17, 15) is 4.79 Å². The molecule has 94 valence electrons. The SMILES string of the molecule is CC(C)CCOC1CCN(CCC(=O)O)C1. The van der Waals surface area contributed by atoms with E-state index >= 15 is 0 Å².